The smallest absolute Gasteiger partial charge is 0.323 e. The highest BCUT2D eigenvalue weighted by atomic mass is 16.5. The first kappa shape index (κ1) is 22.6. The third-order valence-electron chi connectivity index (χ3n) is 6.57. The van der Waals surface area contributed by atoms with E-state index in [4.69, 9.17) is 14.2 Å². The first-order chi connectivity index (χ1) is 16.0. The third kappa shape index (κ3) is 3.67. The molecule has 172 valence electrons. The van der Waals surface area contributed by atoms with Gasteiger partial charge < -0.3 is 19.2 Å². The minimum atomic E-state index is -1.72. The van der Waals surface area contributed by atoms with Crippen LogP contribution in [0.1, 0.15) is 48.4 Å². The predicted molar refractivity (Wildman–Crippen MR) is 122 cm³/mol. The molecule has 0 radical (unpaired) electrons. The van der Waals surface area contributed by atoms with Crippen molar-refractivity contribution >= 4 is 28.8 Å². The number of carbonyl (C=O) groups excluding carboxylic acids is 3. The molecule has 1 aromatic heterocycles. The second-order valence-electron chi connectivity index (χ2n) is 8.18. The van der Waals surface area contributed by atoms with Gasteiger partial charge in [-0.25, -0.2) is 0 Å². The maximum absolute atomic E-state index is 13.4. The molecule has 2 atom stereocenters. The Labute approximate surface area is 192 Å². The Morgan fingerprint density at radius 2 is 1.61 bits per heavy atom. The number of methoxy groups -OCH3 is 2. The van der Waals surface area contributed by atoms with Crippen molar-refractivity contribution in [3.05, 3.63) is 71.4 Å². The van der Waals surface area contributed by atoms with Gasteiger partial charge in [0, 0.05) is 28.4 Å². The van der Waals surface area contributed by atoms with Crippen LogP contribution in [0.4, 0.5) is 0 Å². The Kier molecular flexibility index (Phi) is 6.22. The fourth-order valence-corrected chi connectivity index (χ4v) is 5.18. The summed E-state index contributed by atoms with van der Waals surface area (Å²) in [6.07, 6.45) is -0.0609. The van der Waals surface area contributed by atoms with Crippen molar-refractivity contribution in [1.82, 2.24) is 4.98 Å². The lowest BCUT2D eigenvalue weighted by Crippen LogP contribution is -2.50. The monoisotopic (exact) mass is 449 g/mol. The van der Waals surface area contributed by atoms with E-state index in [2.05, 4.69) is 4.98 Å². The first-order valence-electron chi connectivity index (χ1n) is 11.0. The van der Waals surface area contributed by atoms with Gasteiger partial charge in [-0.1, -0.05) is 48.5 Å². The van der Waals surface area contributed by atoms with Crippen LogP contribution in [0.2, 0.25) is 0 Å². The van der Waals surface area contributed by atoms with Gasteiger partial charge in [0.15, 0.2) is 5.41 Å². The predicted octanol–water partition coefficient (Wildman–Crippen LogP) is 4.07. The van der Waals surface area contributed by atoms with Crippen LogP contribution < -0.4 is 0 Å². The summed E-state index contributed by atoms with van der Waals surface area (Å²) in [4.78, 5) is 42.8. The van der Waals surface area contributed by atoms with E-state index < -0.39 is 29.2 Å². The van der Waals surface area contributed by atoms with Crippen molar-refractivity contribution in [2.75, 3.05) is 20.8 Å². The molecule has 1 heterocycles. The number of H-pyrrole nitrogens is 1. The average Bonchev–Trinajstić information content (AvgIpc) is 3.23. The SMILES string of the molecule is CCOC(=O)CC1c2[nH]c3ccccc3c2C(c2ccccc2)CC1(C(=O)OC)C(=O)OC. The Balaban J connectivity index is 2.03. The summed E-state index contributed by atoms with van der Waals surface area (Å²) in [5.41, 5.74) is 1.72. The Hall–Kier alpha value is -3.61. The molecular weight excluding hydrogens is 422 g/mol. The fraction of sp³-hybridized carbons (Fsp3) is 0.346. The van der Waals surface area contributed by atoms with E-state index in [1.54, 1.807) is 6.92 Å². The van der Waals surface area contributed by atoms with Crippen LogP contribution in [0.5, 0.6) is 0 Å². The summed E-state index contributed by atoms with van der Waals surface area (Å²) in [6, 6.07) is 17.5. The van der Waals surface area contributed by atoms with Gasteiger partial charge in [0.05, 0.1) is 27.2 Å². The van der Waals surface area contributed by atoms with Crippen LogP contribution in [0.3, 0.4) is 0 Å². The van der Waals surface area contributed by atoms with Crippen molar-refractivity contribution in [2.45, 2.75) is 31.6 Å². The van der Waals surface area contributed by atoms with Crippen LogP contribution >= 0.6 is 0 Å². The van der Waals surface area contributed by atoms with Crippen molar-refractivity contribution in [2.24, 2.45) is 5.41 Å². The summed E-state index contributed by atoms with van der Waals surface area (Å²) in [5.74, 6) is -3.09. The molecule has 0 amide bonds. The van der Waals surface area contributed by atoms with E-state index in [1.807, 2.05) is 54.6 Å². The van der Waals surface area contributed by atoms with Gasteiger partial charge in [-0.15, -0.1) is 0 Å². The lowest BCUT2D eigenvalue weighted by molar-refractivity contribution is -0.173. The van der Waals surface area contributed by atoms with Crippen LogP contribution in [0.25, 0.3) is 10.9 Å². The number of nitrogens with one attached hydrogen (secondary N) is 1. The van der Waals surface area contributed by atoms with Gasteiger partial charge in [-0.05, 0) is 30.5 Å². The van der Waals surface area contributed by atoms with Crippen molar-refractivity contribution in [3.63, 3.8) is 0 Å². The van der Waals surface area contributed by atoms with E-state index in [-0.39, 0.29) is 25.4 Å². The van der Waals surface area contributed by atoms with Crippen LogP contribution in [-0.4, -0.2) is 43.7 Å². The molecule has 0 saturated carbocycles. The fourth-order valence-electron chi connectivity index (χ4n) is 5.18. The van der Waals surface area contributed by atoms with E-state index in [0.29, 0.717) is 5.69 Å². The van der Waals surface area contributed by atoms with Crippen LogP contribution in [-0.2, 0) is 28.6 Å². The largest absolute Gasteiger partial charge is 0.468 e. The van der Waals surface area contributed by atoms with Crippen molar-refractivity contribution < 1.29 is 28.6 Å². The highest BCUT2D eigenvalue weighted by Crippen LogP contribution is 2.56. The molecule has 7 heteroatoms. The maximum atomic E-state index is 13.4. The summed E-state index contributed by atoms with van der Waals surface area (Å²) in [5, 5.41) is 0.985. The standard InChI is InChI=1S/C26H27NO6/c1-4-33-21(28)14-19-23-22(17-12-8-9-13-20(17)27-23)18(16-10-6-5-7-11-16)15-26(19,24(29)31-2)25(30)32-3/h5-13,18-19,27H,4,14-15H2,1-3H3. The number of ether oxygens (including phenoxy) is 3. The van der Waals surface area contributed by atoms with Crippen LogP contribution in [0, 0.1) is 5.41 Å². The molecule has 3 aromatic rings. The first-order valence-corrected chi connectivity index (χ1v) is 11.0. The molecule has 4 rings (SSSR count). The highest BCUT2D eigenvalue weighted by Gasteiger charge is 2.60. The maximum Gasteiger partial charge on any atom is 0.323 e. The average molecular weight is 450 g/mol. The Bertz CT molecular complexity index is 1170. The lowest BCUT2D eigenvalue weighted by Gasteiger charge is -2.42. The molecule has 1 aliphatic carbocycles. The minimum absolute atomic E-state index is 0.106. The van der Waals surface area contributed by atoms with Crippen LogP contribution in [0.15, 0.2) is 54.6 Å². The molecule has 0 bridgehead atoms. The number of rotatable bonds is 6. The second kappa shape index (κ2) is 9.10. The van der Waals surface area contributed by atoms with Gasteiger partial charge in [0.25, 0.3) is 0 Å². The second-order valence-corrected chi connectivity index (χ2v) is 8.18. The van der Waals surface area contributed by atoms with Gasteiger partial charge in [0.1, 0.15) is 0 Å². The number of para-hydroxylation sites is 1. The Morgan fingerprint density at radius 3 is 2.24 bits per heavy atom. The van der Waals surface area contributed by atoms with E-state index in [0.717, 1.165) is 22.0 Å². The van der Waals surface area contributed by atoms with Gasteiger partial charge in [0.2, 0.25) is 0 Å². The van der Waals surface area contributed by atoms with Gasteiger partial charge in [-0.3, -0.25) is 14.4 Å². The Morgan fingerprint density at radius 1 is 0.970 bits per heavy atom. The molecule has 0 aliphatic heterocycles. The molecule has 1 aliphatic rings. The normalized spacial score (nSPS) is 18.9. The summed E-state index contributed by atoms with van der Waals surface area (Å²) >= 11 is 0. The zero-order valence-corrected chi connectivity index (χ0v) is 18.9. The molecule has 0 spiro atoms. The van der Waals surface area contributed by atoms with E-state index >= 15 is 0 Å². The molecule has 0 saturated heterocycles. The number of carbonyl (C=O) groups is 3. The zero-order valence-electron chi connectivity index (χ0n) is 18.9. The number of aromatic nitrogens is 1. The number of hydrogen-bond donors (Lipinski definition) is 1. The summed E-state index contributed by atoms with van der Waals surface area (Å²) in [7, 11) is 2.49. The molecular formula is C26H27NO6. The van der Waals surface area contributed by atoms with Gasteiger partial charge >= 0.3 is 17.9 Å². The quantitative estimate of drug-likeness (QED) is 0.346. The molecule has 33 heavy (non-hydrogen) atoms. The van der Waals surface area contributed by atoms with Crippen molar-refractivity contribution in [1.29, 1.82) is 0 Å². The van der Waals surface area contributed by atoms with E-state index in [9.17, 15) is 14.4 Å². The summed E-state index contributed by atoms with van der Waals surface area (Å²) < 4.78 is 15.5. The minimum Gasteiger partial charge on any atom is -0.468 e. The number of fused-ring (bicyclic) bond motifs is 3. The number of esters is 3. The molecule has 2 unspecified atom stereocenters. The van der Waals surface area contributed by atoms with Crippen molar-refractivity contribution in [3.8, 4) is 0 Å². The molecule has 1 N–H and O–H groups in total. The lowest BCUT2D eigenvalue weighted by atomic mass is 9.59. The third-order valence-corrected chi connectivity index (χ3v) is 6.57. The topological polar surface area (TPSA) is 94.7 Å². The number of aromatic amines is 1. The highest BCUT2D eigenvalue weighted by molar-refractivity contribution is 6.03. The summed E-state index contributed by atoms with van der Waals surface area (Å²) in [6.45, 7) is 1.91. The zero-order chi connectivity index (χ0) is 23.6. The molecule has 2 aromatic carbocycles. The van der Waals surface area contributed by atoms with Gasteiger partial charge in [-0.2, -0.15) is 0 Å². The van der Waals surface area contributed by atoms with E-state index in [1.165, 1.54) is 14.2 Å². The number of benzene rings is 2. The number of hydrogen-bond acceptors (Lipinski definition) is 6. The molecule has 0 fully saturated rings. The molecule has 7 nitrogen and oxygen atoms in total.